The van der Waals surface area contributed by atoms with Crippen LogP contribution in [0.5, 0.6) is 11.6 Å². The molecule has 0 amide bonds. The molecule has 0 radical (unpaired) electrons. The fraction of sp³-hybridized carbons (Fsp3) is 0.368. The summed E-state index contributed by atoms with van der Waals surface area (Å²) in [6.07, 6.45) is -2.67. The van der Waals surface area contributed by atoms with Crippen molar-refractivity contribution in [3.63, 3.8) is 0 Å². The predicted octanol–water partition coefficient (Wildman–Crippen LogP) is 3.90. The Kier molecular flexibility index (Phi) is 10.6. The molecule has 1 aromatic carbocycles. The molecular weight excluding hydrogens is 500 g/mol. The molecule has 0 saturated carbocycles. The van der Waals surface area contributed by atoms with E-state index in [1.54, 1.807) is 25.4 Å². The lowest BCUT2D eigenvalue weighted by molar-refractivity contribution is -0.153. The van der Waals surface area contributed by atoms with Crippen molar-refractivity contribution in [2.75, 3.05) is 20.3 Å². The Morgan fingerprint density at radius 1 is 1.03 bits per heavy atom. The van der Waals surface area contributed by atoms with Gasteiger partial charge in [0.1, 0.15) is 5.75 Å². The number of rotatable bonds is 8. The summed E-state index contributed by atoms with van der Waals surface area (Å²) in [7, 11) is 1.65. The molecule has 29 heavy (non-hydrogen) atoms. The van der Waals surface area contributed by atoms with E-state index in [1.165, 1.54) is 12.1 Å². The number of benzene rings is 1. The third-order valence-corrected chi connectivity index (χ3v) is 3.56. The monoisotopic (exact) mass is 524 g/mol. The van der Waals surface area contributed by atoms with Gasteiger partial charge in [-0.2, -0.15) is 13.2 Å². The van der Waals surface area contributed by atoms with Gasteiger partial charge in [-0.15, -0.1) is 24.0 Å². The SMILES string of the molecule is CCOc1cc(CNC(=NC)NCc2ccc(OCC(F)(F)F)cc2)ccn1.I. The van der Waals surface area contributed by atoms with Crippen molar-refractivity contribution in [1.82, 2.24) is 15.6 Å². The molecule has 2 aromatic rings. The minimum atomic E-state index is -4.35. The maximum Gasteiger partial charge on any atom is 0.422 e. The maximum atomic E-state index is 12.2. The van der Waals surface area contributed by atoms with Crippen LogP contribution in [0, 0.1) is 0 Å². The smallest absolute Gasteiger partial charge is 0.422 e. The molecule has 0 spiro atoms. The number of hydrogen-bond acceptors (Lipinski definition) is 4. The normalized spacial score (nSPS) is 11.4. The number of aliphatic imine (C=N–C) groups is 1. The molecule has 2 N–H and O–H groups in total. The highest BCUT2D eigenvalue weighted by Gasteiger charge is 2.28. The molecule has 0 atom stereocenters. The number of halogens is 4. The van der Waals surface area contributed by atoms with E-state index in [9.17, 15) is 13.2 Å². The van der Waals surface area contributed by atoms with E-state index in [2.05, 4.69) is 25.3 Å². The third kappa shape index (κ3) is 9.68. The number of ether oxygens (including phenoxy) is 2. The Morgan fingerprint density at radius 3 is 2.28 bits per heavy atom. The van der Waals surface area contributed by atoms with Crippen LogP contribution in [0.4, 0.5) is 13.2 Å². The zero-order chi connectivity index (χ0) is 20.4. The molecule has 0 fully saturated rings. The van der Waals surface area contributed by atoms with Gasteiger partial charge in [-0.1, -0.05) is 12.1 Å². The quantitative estimate of drug-likeness (QED) is 0.312. The van der Waals surface area contributed by atoms with E-state index >= 15 is 0 Å². The second-order valence-corrected chi connectivity index (χ2v) is 5.76. The van der Waals surface area contributed by atoms with E-state index in [0.717, 1.165) is 11.1 Å². The fourth-order valence-electron chi connectivity index (χ4n) is 2.25. The van der Waals surface area contributed by atoms with Gasteiger partial charge in [0.15, 0.2) is 12.6 Å². The van der Waals surface area contributed by atoms with Crippen molar-refractivity contribution in [3.05, 3.63) is 53.7 Å². The average Bonchev–Trinajstić information content (AvgIpc) is 2.67. The summed E-state index contributed by atoms with van der Waals surface area (Å²) in [4.78, 5) is 8.27. The Labute approximate surface area is 184 Å². The maximum absolute atomic E-state index is 12.2. The van der Waals surface area contributed by atoms with Gasteiger partial charge in [-0.25, -0.2) is 4.98 Å². The highest BCUT2D eigenvalue weighted by Crippen LogP contribution is 2.18. The largest absolute Gasteiger partial charge is 0.484 e. The van der Waals surface area contributed by atoms with Crippen LogP contribution in [0.1, 0.15) is 18.1 Å². The summed E-state index contributed by atoms with van der Waals surface area (Å²) in [6, 6.07) is 10.1. The second kappa shape index (κ2) is 12.3. The second-order valence-electron chi connectivity index (χ2n) is 5.76. The first-order valence-corrected chi connectivity index (χ1v) is 8.70. The van der Waals surface area contributed by atoms with E-state index < -0.39 is 12.8 Å². The zero-order valence-electron chi connectivity index (χ0n) is 16.1. The molecule has 1 aromatic heterocycles. The fourth-order valence-corrected chi connectivity index (χ4v) is 2.25. The summed E-state index contributed by atoms with van der Waals surface area (Å²) in [6.45, 7) is 2.13. The number of aromatic nitrogens is 1. The zero-order valence-corrected chi connectivity index (χ0v) is 18.5. The molecule has 0 unspecified atom stereocenters. The molecular formula is C19H24F3IN4O2. The van der Waals surface area contributed by atoms with E-state index in [0.29, 0.717) is 31.5 Å². The number of nitrogens with zero attached hydrogens (tertiary/aromatic N) is 2. The lowest BCUT2D eigenvalue weighted by Gasteiger charge is -2.13. The lowest BCUT2D eigenvalue weighted by atomic mass is 10.2. The number of alkyl halides is 3. The van der Waals surface area contributed by atoms with Crippen molar-refractivity contribution in [2.45, 2.75) is 26.2 Å². The first kappa shape index (κ1) is 24.8. The number of guanidine groups is 1. The van der Waals surface area contributed by atoms with Crippen LogP contribution in [0.15, 0.2) is 47.6 Å². The van der Waals surface area contributed by atoms with Crippen molar-refractivity contribution in [3.8, 4) is 11.6 Å². The van der Waals surface area contributed by atoms with Crippen LogP contribution >= 0.6 is 24.0 Å². The Bertz CT molecular complexity index is 771. The third-order valence-electron chi connectivity index (χ3n) is 3.56. The topological polar surface area (TPSA) is 67.8 Å². The van der Waals surface area contributed by atoms with Crippen LogP contribution in [0.2, 0.25) is 0 Å². The molecule has 0 bridgehead atoms. The van der Waals surface area contributed by atoms with Gasteiger partial charge in [0.2, 0.25) is 5.88 Å². The summed E-state index contributed by atoms with van der Waals surface area (Å²) < 4.78 is 46.5. The number of pyridine rings is 1. The van der Waals surface area contributed by atoms with E-state index in [4.69, 9.17) is 4.74 Å². The summed E-state index contributed by atoms with van der Waals surface area (Å²) in [5.41, 5.74) is 1.87. The van der Waals surface area contributed by atoms with Crippen molar-refractivity contribution >= 4 is 29.9 Å². The van der Waals surface area contributed by atoms with Gasteiger partial charge >= 0.3 is 6.18 Å². The summed E-state index contributed by atoms with van der Waals surface area (Å²) in [5, 5.41) is 6.32. The first-order chi connectivity index (χ1) is 13.4. The minimum absolute atomic E-state index is 0. The molecule has 0 aliphatic rings. The summed E-state index contributed by atoms with van der Waals surface area (Å²) >= 11 is 0. The van der Waals surface area contributed by atoms with E-state index in [1.807, 2.05) is 19.1 Å². The Hall–Kier alpha value is -2.24. The molecule has 2 rings (SSSR count). The van der Waals surface area contributed by atoms with Crippen molar-refractivity contribution < 1.29 is 22.6 Å². The van der Waals surface area contributed by atoms with Gasteiger partial charge in [0, 0.05) is 32.4 Å². The lowest BCUT2D eigenvalue weighted by Crippen LogP contribution is -2.36. The van der Waals surface area contributed by atoms with Crippen LogP contribution in [0.25, 0.3) is 0 Å². The Morgan fingerprint density at radius 2 is 1.69 bits per heavy atom. The molecule has 0 saturated heterocycles. The standard InChI is InChI=1S/C19H23F3N4O2.HI/c1-3-27-17-10-15(8-9-24-17)12-26-18(23-2)25-11-14-4-6-16(7-5-14)28-13-19(20,21)22;/h4-10H,3,11-13H2,1-2H3,(H2,23,25,26);1H. The number of hydrogen-bond donors (Lipinski definition) is 2. The van der Waals surface area contributed by atoms with Gasteiger partial charge in [-0.3, -0.25) is 4.99 Å². The van der Waals surface area contributed by atoms with Crippen LogP contribution in [-0.2, 0) is 13.1 Å². The molecule has 10 heteroatoms. The van der Waals surface area contributed by atoms with Crippen molar-refractivity contribution in [1.29, 1.82) is 0 Å². The minimum Gasteiger partial charge on any atom is -0.484 e. The first-order valence-electron chi connectivity index (χ1n) is 8.70. The molecule has 160 valence electrons. The summed E-state index contributed by atoms with van der Waals surface area (Å²) in [5.74, 6) is 1.33. The van der Waals surface area contributed by atoms with Crippen LogP contribution in [0.3, 0.4) is 0 Å². The highest BCUT2D eigenvalue weighted by molar-refractivity contribution is 14.0. The van der Waals surface area contributed by atoms with Gasteiger partial charge in [-0.05, 0) is 36.2 Å². The van der Waals surface area contributed by atoms with Crippen molar-refractivity contribution in [2.24, 2.45) is 4.99 Å². The van der Waals surface area contributed by atoms with Crippen LogP contribution in [-0.4, -0.2) is 37.4 Å². The van der Waals surface area contributed by atoms with Gasteiger partial charge in [0.25, 0.3) is 0 Å². The Balaban J connectivity index is 0.00000420. The highest BCUT2D eigenvalue weighted by atomic mass is 127. The van der Waals surface area contributed by atoms with Gasteiger partial charge < -0.3 is 20.1 Å². The average molecular weight is 524 g/mol. The van der Waals surface area contributed by atoms with E-state index in [-0.39, 0.29) is 29.7 Å². The predicted molar refractivity (Wildman–Crippen MR) is 116 cm³/mol. The molecule has 1 heterocycles. The van der Waals surface area contributed by atoms with Crippen LogP contribution < -0.4 is 20.1 Å². The molecule has 0 aliphatic carbocycles. The molecule has 6 nitrogen and oxygen atoms in total. The molecule has 0 aliphatic heterocycles. The van der Waals surface area contributed by atoms with Gasteiger partial charge in [0.05, 0.1) is 6.61 Å². The number of nitrogens with one attached hydrogen (secondary N) is 2.